The predicted octanol–water partition coefficient (Wildman–Crippen LogP) is 3.10. The molecule has 9 nitrogen and oxygen atoms in total. The fourth-order valence-electron chi connectivity index (χ4n) is 3.80. The summed E-state index contributed by atoms with van der Waals surface area (Å²) in [6.07, 6.45) is 0. The van der Waals surface area contributed by atoms with Crippen LogP contribution in [0.15, 0.2) is 93.9 Å². The Morgan fingerprint density at radius 3 is 2.42 bits per heavy atom. The van der Waals surface area contributed by atoms with E-state index >= 15 is 0 Å². The molecule has 3 atom stereocenters. The van der Waals surface area contributed by atoms with Gasteiger partial charge in [-0.25, -0.2) is 19.0 Å². The van der Waals surface area contributed by atoms with E-state index in [0.29, 0.717) is 16.5 Å². The minimum Gasteiger partial charge on any atom is -0.478 e. The molecule has 12 heteroatoms. The Balaban J connectivity index is 1.68. The van der Waals surface area contributed by atoms with E-state index in [1.54, 1.807) is 17.1 Å². The standard InChI is InChI=1S/C26H26ClN5O4S2/c1-38(28,36)16-15-29-26(31-37(35)22-13-9-20(10-14-22)25(33)34)32-17-23(18-5-3-2-4-6-18)24(30-32)19-7-11-21(27)12-8-19/h2-14,23H,1,15-17H2,(H2,28,36)(H,29,31)(H,33,34). The van der Waals surface area contributed by atoms with Crippen molar-refractivity contribution < 1.29 is 18.3 Å². The van der Waals surface area contributed by atoms with Gasteiger partial charge >= 0.3 is 5.97 Å². The van der Waals surface area contributed by atoms with Crippen molar-refractivity contribution in [2.75, 3.05) is 18.8 Å². The van der Waals surface area contributed by atoms with E-state index in [1.807, 2.05) is 42.5 Å². The molecule has 0 amide bonds. The topological polar surface area (TPSA) is 137 Å². The lowest BCUT2D eigenvalue weighted by Gasteiger charge is -2.19. The minimum atomic E-state index is -2.78. The molecule has 3 aromatic carbocycles. The van der Waals surface area contributed by atoms with Gasteiger partial charge in [0.15, 0.2) is 11.0 Å². The summed E-state index contributed by atoms with van der Waals surface area (Å²) < 4.78 is 28.0. The summed E-state index contributed by atoms with van der Waals surface area (Å²) >= 11 is 6.10. The first-order valence-electron chi connectivity index (χ1n) is 11.5. The maximum Gasteiger partial charge on any atom is 0.335 e. The number of nitrogens with zero attached hydrogens (tertiary/aromatic N) is 3. The summed E-state index contributed by atoms with van der Waals surface area (Å²) in [6, 6.07) is 22.9. The van der Waals surface area contributed by atoms with Gasteiger partial charge in [0.25, 0.3) is 0 Å². The highest BCUT2D eigenvalue weighted by molar-refractivity contribution is 7.98. The molecule has 0 saturated heterocycles. The predicted molar refractivity (Wildman–Crippen MR) is 153 cm³/mol. The van der Waals surface area contributed by atoms with E-state index in [-0.39, 0.29) is 29.7 Å². The number of hydrogen-bond acceptors (Lipinski definition) is 5. The van der Waals surface area contributed by atoms with Gasteiger partial charge in [0.2, 0.25) is 5.96 Å². The van der Waals surface area contributed by atoms with Crippen LogP contribution in [0.2, 0.25) is 5.02 Å². The number of nitrogens with one attached hydrogen (secondary N) is 1. The molecule has 38 heavy (non-hydrogen) atoms. The number of carboxylic acids is 1. The van der Waals surface area contributed by atoms with Crippen LogP contribution in [-0.2, 0) is 20.7 Å². The monoisotopic (exact) mass is 571 g/mol. The summed E-state index contributed by atoms with van der Waals surface area (Å²) in [5.74, 6) is 2.48. The Bertz CT molecular complexity index is 1490. The second-order valence-electron chi connectivity index (χ2n) is 8.52. The smallest absolute Gasteiger partial charge is 0.335 e. The van der Waals surface area contributed by atoms with Crippen molar-refractivity contribution in [3.8, 4) is 0 Å². The Hall–Kier alpha value is -3.51. The first-order valence-corrected chi connectivity index (χ1v) is 15.0. The van der Waals surface area contributed by atoms with Crippen LogP contribution in [0.25, 0.3) is 0 Å². The van der Waals surface area contributed by atoms with Crippen LogP contribution >= 0.6 is 11.6 Å². The van der Waals surface area contributed by atoms with Crippen LogP contribution in [0, 0.1) is 0 Å². The number of nitrogens with two attached hydrogens (primary N) is 1. The van der Waals surface area contributed by atoms with E-state index in [0.717, 1.165) is 16.8 Å². The zero-order chi connectivity index (χ0) is 27.3. The van der Waals surface area contributed by atoms with Crippen molar-refractivity contribution in [1.82, 2.24) is 9.73 Å². The van der Waals surface area contributed by atoms with Crippen molar-refractivity contribution in [3.63, 3.8) is 0 Å². The summed E-state index contributed by atoms with van der Waals surface area (Å²) in [5.41, 5.74) is 2.77. The molecular weight excluding hydrogens is 546 g/mol. The average Bonchev–Trinajstić information content (AvgIpc) is 3.34. The number of hydrogen-bond donors (Lipinski definition) is 3. The highest BCUT2D eigenvalue weighted by Crippen LogP contribution is 2.29. The summed E-state index contributed by atoms with van der Waals surface area (Å²) in [4.78, 5) is 16.0. The van der Waals surface area contributed by atoms with Gasteiger partial charge in [0.1, 0.15) is 0 Å². The molecular formula is C26H26ClN5O4S2. The molecule has 0 saturated carbocycles. The van der Waals surface area contributed by atoms with Crippen LogP contribution in [0.1, 0.15) is 27.4 Å². The van der Waals surface area contributed by atoms with Gasteiger partial charge in [0.05, 0.1) is 29.3 Å². The van der Waals surface area contributed by atoms with Gasteiger partial charge < -0.3 is 5.11 Å². The Labute approximate surface area is 228 Å². The first kappa shape index (κ1) is 27.5. The second-order valence-corrected chi connectivity index (χ2v) is 12.3. The fourth-order valence-corrected chi connectivity index (χ4v) is 5.16. The molecule has 0 radical (unpaired) electrons. The quantitative estimate of drug-likeness (QED) is 0.217. The molecule has 1 aliphatic rings. The average molecular weight is 572 g/mol. The fraction of sp³-hybridized carbons (Fsp3) is 0.154. The number of halogens is 1. The maximum absolute atomic E-state index is 13.2. The SMILES string of the molecule is C=S(N)(=O)CCN=C(NS(=O)c1ccc(C(=O)O)cc1)N1CC(c2ccccc2)C(c2ccc(Cl)cc2)=N1. The van der Waals surface area contributed by atoms with Crippen molar-refractivity contribution in [2.45, 2.75) is 10.8 Å². The molecule has 1 heterocycles. The number of aromatic carboxylic acids is 1. The third-order valence-electron chi connectivity index (χ3n) is 5.70. The summed E-state index contributed by atoms with van der Waals surface area (Å²) in [6.45, 7) is 0.458. The number of carboxylic acid groups (broad SMARTS) is 1. The van der Waals surface area contributed by atoms with Gasteiger partial charge in [-0.15, -0.1) is 0 Å². The van der Waals surface area contributed by atoms with Crippen LogP contribution in [0.5, 0.6) is 0 Å². The molecule has 3 aromatic rings. The highest BCUT2D eigenvalue weighted by atomic mass is 35.5. The zero-order valence-electron chi connectivity index (χ0n) is 20.2. The van der Waals surface area contributed by atoms with Crippen molar-refractivity contribution in [3.05, 3.63) is 101 Å². The second kappa shape index (κ2) is 11.9. The van der Waals surface area contributed by atoms with Crippen LogP contribution in [0.3, 0.4) is 0 Å². The zero-order valence-corrected chi connectivity index (χ0v) is 22.6. The number of rotatable bonds is 8. The third kappa shape index (κ3) is 7.07. The Morgan fingerprint density at radius 2 is 1.82 bits per heavy atom. The van der Waals surface area contributed by atoms with E-state index < -0.39 is 26.7 Å². The summed E-state index contributed by atoms with van der Waals surface area (Å²) in [5, 5.41) is 21.8. The van der Waals surface area contributed by atoms with E-state index in [2.05, 4.69) is 15.6 Å². The number of hydrazone groups is 1. The van der Waals surface area contributed by atoms with E-state index in [4.69, 9.17) is 26.9 Å². The summed E-state index contributed by atoms with van der Waals surface area (Å²) in [7, 11) is -4.57. The van der Waals surface area contributed by atoms with Gasteiger partial charge in [0, 0.05) is 26.4 Å². The van der Waals surface area contributed by atoms with Gasteiger partial charge in [-0.2, -0.15) is 5.10 Å². The number of benzene rings is 3. The largest absolute Gasteiger partial charge is 0.478 e. The number of guanidine groups is 1. The third-order valence-corrected chi connectivity index (χ3v) is 7.89. The number of carbonyl (C=O) groups is 1. The lowest BCUT2D eigenvalue weighted by Crippen LogP contribution is -2.39. The normalized spacial score (nSPS) is 17.9. The number of aliphatic imine (C=N–C) groups is 1. The molecule has 198 valence electrons. The lowest BCUT2D eigenvalue weighted by molar-refractivity contribution is 0.0696. The molecule has 0 aromatic heterocycles. The Kier molecular flexibility index (Phi) is 8.62. The van der Waals surface area contributed by atoms with Gasteiger partial charge in [-0.05, 0) is 53.4 Å². The van der Waals surface area contributed by atoms with E-state index in [9.17, 15) is 13.2 Å². The molecule has 4 N–H and O–H groups in total. The molecule has 1 aliphatic heterocycles. The van der Waals surface area contributed by atoms with Crippen molar-refractivity contribution >= 4 is 55.8 Å². The van der Waals surface area contributed by atoms with Crippen molar-refractivity contribution in [2.24, 2.45) is 15.2 Å². The minimum absolute atomic E-state index is 0.0296. The molecule has 4 rings (SSSR count). The first-order chi connectivity index (χ1) is 18.1. The Morgan fingerprint density at radius 1 is 1.16 bits per heavy atom. The highest BCUT2D eigenvalue weighted by Gasteiger charge is 2.32. The van der Waals surface area contributed by atoms with Crippen LogP contribution in [-0.4, -0.2) is 60.9 Å². The molecule has 0 spiro atoms. The molecule has 0 aliphatic carbocycles. The maximum atomic E-state index is 13.2. The van der Waals surface area contributed by atoms with Gasteiger partial charge in [-0.3, -0.25) is 14.1 Å². The molecule has 0 bridgehead atoms. The van der Waals surface area contributed by atoms with Crippen molar-refractivity contribution in [1.29, 1.82) is 0 Å². The van der Waals surface area contributed by atoms with Crippen LogP contribution < -0.4 is 9.86 Å². The van der Waals surface area contributed by atoms with Crippen LogP contribution in [0.4, 0.5) is 0 Å². The molecule has 0 fully saturated rings. The lowest BCUT2D eigenvalue weighted by atomic mass is 9.91. The van der Waals surface area contributed by atoms with E-state index in [1.165, 1.54) is 24.3 Å². The van der Waals surface area contributed by atoms with Gasteiger partial charge in [-0.1, -0.05) is 54.1 Å². The molecule has 3 unspecified atom stereocenters.